The minimum absolute atomic E-state index is 0.0546. The quantitative estimate of drug-likeness (QED) is 0.727. The average Bonchev–Trinajstić information content (AvgIpc) is 3.33. The van der Waals surface area contributed by atoms with Crippen LogP contribution in [0.3, 0.4) is 0 Å². The summed E-state index contributed by atoms with van der Waals surface area (Å²) in [7, 11) is 1.86. The van der Waals surface area contributed by atoms with Crippen LogP contribution in [0.4, 0.5) is 0 Å². The van der Waals surface area contributed by atoms with Gasteiger partial charge in [0.25, 0.3) is 5.91 Å². The van der Waals surface area contributed by atoms with Crippen molar-refractivity contribution in [3.05, 3.63) is 36.2 Å². The summed E-state index contributed by atoms with van der Waals surface area (Å²) < 4.78 is 7.54. The summed E-state index contributed by atoms with van der Waals surface area (Å²) in [5.41, 5.74) is 1.68. The van der Waals surface area contributed by atoms with Crippen molar-refractivity contribution < 1.29 is 9.53 Å². The Bertz CT molecular complexity index is 705. The van der Waals surface area contributed by atoms with Gasteiger partial charge in [0.15, 0.2) is 5.82 Å². The number of nitrogens with zero attached hydrogens (tertiary/aromatic N) is 4. The highest BCUT2D eigenvalue weighted by molar-refractivity contribution is 5.94. The first kappa shape index (κ1) is 18.6. The molecule has 1 aromatic carbocycles. The molecule has 1 aliphatic rings. The fourth-order valence-electron chi connectivity index (χ4n) is 3.38. The van der Waals surface area contributed by atoms with Crippen LogP contribution in [-0.4, -0.2) is 51.9 Å². The van der Waals surface area contributed by atoms with E-state index in [0.717, 1.165) is 63.2 Å². The maximum Gasteiger partial charge on any atom is 0.253 e. The Hall–Kier alpha value is -2.21. The lowest BCUT2D eigenvalue weighted by molar-refractivity contribution is 0.0763. The summed E-state index contributed by atoms with van der Waals surface area (Å²) in [6.45, 7) is 4.59. The Balaban J connectivity index is 1.56. The Morgan fingerprint density at radius 2 is 2.15 bits per heavy atom. The molecular weight excluding hydrogens is 328 g/mol. The molecule has 0 unspecified atom stereocenters. The Labute approximate surface area is 155 Å². The molecule has 0 radical (unpaired) electrons. The number of rotatable bonds is 8. The van der Waals surface area contributed by atoms with Crippen molar-refractivity contribution >= 4 is 5.91 Å². The Kier molecular flexibility index (Phi) is 6.39. The van der Waals surface area contributed by atoms with Crippen LogP contribution in [0, 0.1) is 0 Å². The highest BCUT2D eigenvalue weighted by atomic mass is 16.5. The van der Waals surface area contributed by atoms with Crippen LogP contribution in [0.2, 0.25) is 0 Å². The molecule has 1 fully saturated rings. The molecule has 26 heavy (non-hydrogen) atoms. The second-order valence-electron chi connectivity index (χ2n) is 6.89. The number of aromatic nitrogens is 3. The lowest BCUT2D eigenvalue weighted by atomic mass is 10.1. The first-order valence-corrected chi connectivity index (χ1v) is 9.54. The van der Waals surface area contributed by atoms with Gasteiger partial charge in [0, 0.05) is 37.9 Å². The molecule has 1 aromatic heterocycles. The van der Waals surface area contributed by atoms with Crippen molar-refractivity contribution in [1.29, 1.82) is 0 Å². The van der Waals surface area contributed by atoms with Crippen LogP contribution >= 0.6 is 0 Å². The van der Waals surface area contributed by atoms with Gasteiger partial charge in [-0.1, -0.05) is 19.1 Å². The number of carbonyl (C=O) groups excluding carboxylic acids is 1. The van der Waals surface area contributed by atoms with Gasteiger partial charge in [0.05, 0.1) is 6.10 Å². The third-order valence-corrected chi connectivity index (χ3v) is 4.83. The first-order valence-electron chi connectivity index (χ1n) is 9.54. The maximum atomic E-state index is 12.6. The van der Waals surface area contributed by atoms with E-state index in [1.165, 1.54) is 0 Å². The molecule has 1 saturated heterocycles. The van der Waals surface area contributed by atoms with E-state index < -0.39 is 0 Å². The molecule has 1 amide bonds. The summed E-state index contributed by atoms with van der Waals surface area (Å²) in [5, 5.41) is 4.25. The predicted octanol–water partition coefficient (Wildman–Crippen LogP) is 3.39. The molecule has 0 aliphatic carbocycles. The van der Waals surface area contributed by atoms with Crippen LogP contribution in [-0.2, 0) is 11.3 Å². The second kappa shape index (κ2) is 8.94. The van der Waals surface area contributed by atoms with Gasteiger partial charge >= 0.3 is 0 Å². The van der Waals surface area contributed by atoms with Crippen LogP contribution in [0.15, 0.2) is 30.6 Å². The van der Waals surface area contributed by atoms with E-state index in [-0.39, 0.29) is 5.91 Å². The third-order valence-electron chi connectivity index (χ3n) is 4.83. The van der Waals surface area contributed by atoms with E-state index in [1.54, 1.807) is 11.2 Å². The van der Waals surface area contributed by atoms with Crippen molar-refractivity contribution in [3.63, 3.8) is 0 Å². The fraction of sp³-hybridized carbons (Fsp3) is 0.550. The zero-order chi connectivity index (χ0) is 18.4. The standard InChI is InChI=1S/C20H28N4O2/c1-3-12-24-19(21-15-22-24)16-8-10-17(11-9-16)20(25)23(2)13-4-6-18-7-5-14-26-18/h8-11,15,18H,3-7,12-14H2,1-2H3/t18-/m1/s1. The summed E-state index contributed by atoms with van der Waals surface area (Å²) in [5.74, 6) is 0.898. The zero-order valence-corrected chi connectivity index (χ0v) is 15.7. The van der Waals surface area contributed by atoms with E-state index in [0.29, 0.717) is 11.7 Å². The van der Waals surface area contributed by atoms with Gasteiger partial charge in [-0.15, -0.1) is 0 Å². The fourth-order valence-corrected chi connectivity index (χ4v) is 3.38. The van der Waals surface area contributed by atoms with Crippen molar-refractivity contribution in [3.8, 4) is 11.4 Å². The molecule has 2 aromatic rings. The van der Waals surface area contributed by atoms with Crippen molar-refractivity contribution in [2.24, 2.45) is 0 Å². The molecule has 3 rings (SSSR count). The van der Waals surface area contributed by atoms with Gasteiger partial charge in [0.1, 0.15) is 6.33 Å². The van der Waals surface area contributed by atoms with Crippen molar-refractivity contribution in [2.75, 3.05) is 20.2 Å². The number of hydrogen-bond donors (Lipinski definition) is 0. The number of aryl methyl sites for hydroxylation is 1. The number of hydrogen-bond acceptors (Lipinski definition) is 4. The Morgan fingerprint density at radius 1 is 1.35 bits per heavy atom. The van der Waals surface area contributed by atoms with E-state index in [1.807, 2.05) is 36.0 Å². The molecule has 0 saturated carbocycles. The SMILES string of the molecule is CCCn1ncnc1-c1ccc(C(=O)N(C)CCC[C@@H]2CCCO2)cc1. The molecule has 0 spiro atoms. The number of carbonyl (C=O) groups is 1. The van der Waals surface area contributed by atoms with E-state index >= 15 is 0 Å². The summed E-state index contributed by atoms with van der Waals surface area (Å²) in [4.78, 5) is 18.7. The molecular formula is C20H28N4O2. The summed E-state index contributed by atoms with van der Waals surface area (Å²) in [6, 6.07) is 7.64. The van der Waals surface area contributed by atoms with Gasteiger partial charge in [-0.05, 0) is 44.2 Å². The normalized spacial score (nSPS) is 16.8. The molecule has 1 aliphatic heterocycles. The molecule has 1 atom stereocenters. The minimum Gasteiger partial charge on any atom is -0.378 e. The topological polar surface area (TPSA) is 60.2 Å². The van der Waals surface area contributed by atoms with Crippen molar-refractivity contribution in [1.82, 2.24) is 19.7 Å². The van der Waals surface area contributed by atoms with E-state index in [9.17, 15) is 4.79 Å². The van der Waals surface area contributed by atoms with Crippen LogP contribution in [0.25, 0.3) is 11.4 Å². The highest BCUT2D eigenvalue weighted by Crippen LogP contribution is 2.19. The van der Waals surface area contributed by atoms with Crippen LogP contribution in [0.1, 0.15) is 49.4 Å². The summed E-state index contributed by atoms with van der Waals surface area (Å²) in [6.07, 6.45) is 7.29. The zero-order valence-electron chi connectivity index (χ0n) is 15.7. The smallest absolute Gasteiger partial charge is 0.253 e. The van der Waals surface area contributed by atoms with Gasteiger partial charge in [-0.25, -0.2) is 9.67 Å². The van der Waals surface area contributed by atoms with Gasteiger partial charge in [0.2, 0.25) is 0 Å². The highest BCUT2D eigenvalue weighted by Gasteiger charge is 2.17. The lowest BCUT2D eigenvalue weighted by Gasteiger charge is -2.18. The largest absolute Gasteiger partial charge is 0.378 e. The van der Waals surface area contributed by atoms with E-state index in [2.05, 4.69) is 17.0 Å². The van der Waals surface area contributed by atoms with Crippen LogP contribution < -0.4 is 0 Å². The van der Waals surface area contributed by atoms with Gasteiger partial charge in [-0.3, -0.25) is 4.79 Å². The molecule has 6 nitrogen and oxygen atoms in total. The van der Waals surface area contributed by atoms with Crippen molar-refractivity contribution in [2.45, 2.75) is 51.7 Å². The van der Waals surface area contributed by atoms with Crippen LogP contribution in [0.5, 0.6) is 0 Å². The minimum atomic E-state index is 0.0546. The Morgan fingerprint density at radius 3 is 2.85 bits per heavy atom. The molecule has 6 heteroatoms. The number of amides is 1. The second-order valence-corrected chi connectivity index (χ2v) is 6.89. The van der Waals surface area contributed by atoms with Gasteiger partial charge in [-0.2, -0.15) is 5.10 Å². The molecule has 0 bridgehead atoms. The predicted molar refractivity (Wildman–Crippen MR) is 101 cm³/mol. The first-order chi connectivity index (χ1) is 12.7. The monoisotopic (exact) mass is 356 g/mol. The van der Waals surface area contributed by atoms with E-state index in [4.69, 9.17) is 4.74 Å². The molecule has 140 valence electrons. The maximum absolute atomic E-state index is 12.6. The summed E-state index contributed by atoms with van der Waals surface area (Å²) >= 11 is 0. The molecule has 0 N–H and O–H groups in total. The van der Waals surface area contributed by atoms with Gasteiger partial charge < -0.3 is 9.64 Å². The number of benzene rings is 1. The third kappa shape index (κ3) is 4.49. The molecule has 2 heterocycles. The number of ether oxygens (including phenoxy) is 1. The lowest BCUT2D eigenvalue weighted by Crippen LogP contribution is -2.28. The average molecular weight is 356 g/mol.